The smallest absolute Gasteiger partial charge is 0.269 e. The third-order valence-electron chi connectivity index (χ3n) is 3.69. The monoisotopic (exact) mass is 366 g/mol. The van der Waals surface area contributed by atoms with Crippen LogP contribution in [0.4, 0.5) is 11.4 Å². The number of nitrogens with zero attached hydrogens (tertiary/aromatic N) is 1. The van der Waals surface area contributed by atoms with Gasteiger partial charge in [-0.2, -0.15) is 0 Å². The zero-order chi connectivity index (χ0) is 16.9. The standard InChI is InChI=1S/C17H19ClN2O3S/c1-2-23-15-5-10-24-16(15)17(21)19-12-3-4-14(13(18)11-12)20-6-8-22-9-7-20/h3-5,10-11H,2,6-9H2,1H3,(H,19,21). The number of benzene rings is 1. The maximum absolute atomic E-state index is 12.4. The molecule has 2 aromatic rings. The molecule has 0 aliphatic carbocycles. The molecule has 1 aliphatic heterocycles. The molecule has 1 saturated heterocycles. The van der Waals surface area contributed by atoms with Gasteiger partial charge in [-0.05, 0) is 36.6 Å². The maximum Gasteiger partial charge on any atom is 0.269 e. The first-order chi connectivity index (χ1) is 11.7. The lowest BCUT2D eigenvalue weighted by Crippen LogP contribution is -2.36. The average Bonchev–Trinajstić information content (AvgIpc) is 3.04. The van der Waals surface area contributed by atoms with Crippen molar-refractivity contribution in [2.45, 2.75) is 6.92 Å². The lowest BCUT2D eigenvalue weighted by atomic mass is 10.2. The lowest BCUT2D eigenvalue weighted by molar-refractivity contribution is 0.102. The Morgan fingerprint density at radius 1 is 1.38 bits per heavy atom. The predicted octanol–water partition coefficient (Wildman–Crippen LogP) is 3.89. The zero-order valence-corrected chi connectivity index (χ0v) is 15.0. The summed E-state index contributed by atoms with van der Waals surface area (Å²) in [6, 6.07) is 7.37. The van der Waals surface area contributed by atoms with Crippen molar-refractivity contribution in [3.8, 4) is 5.75 Å². The Labute approximate surface area is 150 Å². The number of hydrogen-bond acceptors (Lipinski definition) is 5. The van der Waals surface area contributed by atoms with Gasteiger partial charge in [0.05, 0.1) is 30.5 Å². The fraction of sp³-hybridized carbons (Fsp3) is 0.353. The molecule has 0 radical (unpaired) electrons. The van der Waals surface area contributed by atoms with Crippen molar-refractivity contribution in [3.63, 3.8) is 0 Å². The van der Waals surface area contributed by atoms with Crippen LogP contribution in [0.1, 0.15) is 16.6 Å². The molecule has 0 spiro atoms. The number of morpholine rings is 1. The molecule has 0 saturated carbocycles. The van der Waals surface area contributed by atoms with Crippen molar-refractivity contribution in [1.29, 1.82) is 0 Å². The summed E-state index contributed by atoms with van der Waals surface area (Å²) in [6.45, 7) is 5.46. The van der Waals surface area contributed by atoms with Crippen LogP contribution in [0.15, 0.2) is 29.6 Å². The van der Waals surface area contributed by atoms with Crippen LogP contribution in [0.5, 0.6) is 5.75 Å². The number of carbonyl (C=O) groups excluding carboxylic acids is 1. The Balaban J connectivity index is 1.72. The summed E-state index contributed by atoms with van der Waals surface area (Å²) in [5, 5.41) is 5.34. The number of anilines is 2. The van der Waals surface area contributed by atoms with Crippen LogP contribution in [0.3, 0.4) is 0 Å². The summed E-state index contributed by atoms with van der Waals surface area (Å²) in [5.41, 5.74) is 1.63. The molecule has 7 heteroatoms. The summed E-state index contributed by atoms with van der Waals surface area (Å²) in [4.78, 5) is 15.2. The number of amides is 1. The summed E-state index contributed by atoms with van der Waals surface area (Å²) in [7, 11) is 0. The van der Waals surface area contributed by atoms with Crippen LogP contribution in [0.25, 0.3) is 0 Å². The Bertz CT molecular complexity index is 714. The van der Waals surface area contributed by atoms with E-state index in [1.807, 2.05) is 24.4 Å². The first-order valence-electron chi connectivity index (χ1n) is 7.83. The van der Waals surface area contributed by atoms with E-state index in [9.17, 15) is 4.79 Å². The number of halogens is 1. The highest BCUT2D eigenvalue weighted by Gasteiger charge is 2.17. The van der Waals surface area contributed by atoms with Gasteiger partial charge in [0.25, 0.3) is 5.91 Å². The average molecular weight is 367 g/mol. The molecular weight excluding hydrogens is 348 g/mol. The number of ether oxygens (including phenoxy) is 2. The summed E-state index contributed by atoms with van der Waals surface area (Å²) in [5.74, 6) is 0.416. The van der Waals surface area contributed by atoms with Gasteiger partial charge in [0.15, 0.2) is 0 Å². The Morgan fingerprint density at radius 3 is 2.88 bits per heavy atom. The SMILES string of the molecule is CCOc1ccsc1C(=O)Nc1ccc(N2CCOCC2)c(Cl)c1. The molecule has 128 valence electrons. The maximum atomic E-state index is 12.4. The zero-order valence-electron chi connectivity index (χ0n) is 13.4. The van der Waals surface area contributed by atoms with E-state index in [0.29, 0.717) is 41.2 Å². The lowest BCUT2D eigenvalue weighted by Gasteiger charge is -2.29. The van der Waals surface area contributed by atoms with Crippen LogP contribution in [0, 0.1) is 0 Å². The van der Waals surface area contributed by atoms with Crippen LogP contribution in [0.2, 0.25) is 5.02 Å². The van der Waals surface area contributed by atoms with Crippen molar-refractivity contribution in [2.75, 3.05) is 43.1 Å². The second-order valence-electron chi connectivity index (χ2n) is 5.27. The number of nitrogens with one attached hydrogen (secondary N) is 1. The fourth-order valence-corrected chi connectivity index (χ4v) is 3.59. The highest BCUT2D eigenvalue weighted by atomic mass is 35.5. The third kappa shape index (κ3) is 3.83. The van der Waals surface area contributed by atoms with Crippen LogP contribution in [-0.2, 0) is 4.74 Å². The Hall–Kier alpha value is -1.76. The Kier molecular flexibility index (Phi) is 5.60. The van der Waals surface area contributed by atoms with E-state index in [0.717, 1.165) is 18.8 Å². The number of hydrogen-bond donors (Lipinski definition) is 1. The van der Waals surface area contributed by atoms with Crippen LogP contribution >= 0.6 is 22.9 Å². The first-order valence-corrected chi connectivity index (χ1v) is 9.08. The van der Waals surface area contributed by atoms with Gasteiger partial charge in [0, 0.05) is 18.8 Å². The van der Waals surface area contributed by atoms with Crippen molar-refractivity contribution in [3.05, 3.63) is 39.5 Å². The molecule has 1 amide bonds. The van der Waals surface area contributed by atoms with Gasteiger partial charge in [0.2, 0.25) is 0 Å². The van der Waals surface area contributed by atoms with Crippen molar-refractivity contribution < 1.29 is 14.3 Å². The molecule has 2 heterocycles. The number of carbonyl (C=O) groups is 1. The molecule has 1 aliphatic rings. The minimum atomic E-state index is -0.191. The van der Waals surface area contributed by atoms with Crippen molar-refractivity contribution >= 4 is 40.2 Å². The molecule has 1 fully saturated rings. The van der Waals surface area contributed by atoms with Crippen LogP contribution in [-0.4, -0.2) is 38.8 Å². The number of rotatable bonds is 5. The second-order valence-corrected chi connectivity index (χ2v) is 6.59. The predicted molar refractivity (Wildman–Crippen MR) is 97.9 cm³/mol. The van der Waals surface area contributed by atoms with Gasteiger partial charge in [-0.25, -0.2) is 0 Å². The highest BCUT2D eigenvalue weighted by Crippen LogP contribution is 2.31. The van der Waals surface area contributed by atoms with Crippen LogP contribution < -0.4 is 15.0 Å². The van der Waals surface area contributed by atoms with E-state index >= 15 is 0 Å². The molecule has 0 atom stereocenters. The molecule has 0 bridgehead atoms. The van der Waals surface area contributed by atoms with Gasteiger partial charge in [-0.1, -0.05) is 11.6 Å². The van der Waals surface area contributed by atoms with E-state index in [2.05, 4.69) is 10.2 Å². The van der Waals surface area contributed by atoms with E-state index < -0.39 is 0 Å². The Morgan fingerprint density at radius 2 is 2.17 bits per heavy atom. The van der Waals surface area contributed by atoms with Gasteiger partial charge in [0.1, 0.15) is 10.6 Å². The molecule has 1 aromatic heterocycles. The van der Waals surface area contributed by atoms with Gasteiger partial charge >= 0.3 is 0 Å². The summed E-state index contributed by atoms with van der Waals surface area (Å²) >= 11 is 7.75. The van der Waals surface area contributed by atoms with E-state index in [-0.39, 0.29) is 5.91 Å². The summed E-state index contributed by atoms with van der Waals surface area (Å²) < 4.78 is 10.8. The highest BCUT2D eigenvalue weighted by molar-refractivity contribution is 7.12. The van der Waals surface area contributed by atoms with Crippen molar-refractivity contribution in [2.24, 2.45) is 0 Å². The molecular formula is C17H19ClN2O3S. The molecule has 1 aromatic carbocycles. The molecule has 24 heavy (non-hydrogen) atoms. The summed E-state index contributed by atoms with van der Waals surface area (Å²) in [6.07, 6.45) is 0. The van der Waals surface area contributed by atoms with Gasteiger partial charge < -0.3 is 19.7 Å². The second kappa shape index (κ2) is 7.88. The van der Waals surface area contributed by atoms with Crippen molar-refractivity contribution in [1.82, 2.24) is 0 Å². The van der Waals surface area contributed by atoms with E-state index in [1.165, 1.54) is 11.3 Å². The largest absolute Gasteiger partial charge is 0.492 e. The molecule has 1 N–H and O–H groups in total. The minimum absolute atomic E-state index is 0.191. The molecule has 5 nitrogen and oxygen atoms in total. The quantitative estimate of drug-likeness (QED) is 0.872. The van der Waals surface area contributed by atoms with E-state index in [4.69, 9.17) is 21.1 Å². The van der Waals surface area contributed by atoms with Gasteiger partial charge in [-0.3, -0.25) is 4.79 Å². The first kappa shape index (κ1) is 17.1. The topological polar surface area (TPSA) is 50.8 Å². The van der Waals surface area contributed by atoms with Gasteiger partial charge in [-0.15, -0.1) is 11.3 Å². The normalized spacial score (nSPS) is 14.5. The van der Waals surface area contributed by atoms with E-state index in [1.54, 1.807) is 12.1 Å². The third-order valence-corrected chi connectivity index (χ3v) is 4.89. The minimum Gasteiger partial charge on any atom is -0.492 e. The fourth-order valence-electron chi connectivity index (χ4n) is 2.57. The molecule has 0 unspecified atom stereocenters. The molecule has 3 rings (SSSR count). The number of thiophene rings is 1.